The Morgan fingerprint density at radius 3 is 1.73 bits per heavy atom. The summed E-state index contributed by atoms with van der Waals surface area (Å²) in [5.74, 6) is -38.5. The van der Waals surface area contributed by atoms with Gasteiger partial charge in [-0.15, -0.1) is 0 Å². The third kappa shape index (κ3) is 4.46. The van der Waals surface area contributed by atoms with E-state index in [9.17, 15) is 61.9 Å². The zero-order valence-electron chi connectivity index (χ0n) is 14.0. The first-order chi connectivity index (χ1) is 13.2. The molecule has 0 aliphatic heterocycles. The lowest BCUT2D eigenvalue weighted by Gasteiger charge is -2.39. The highest BCUT2D eigenvalue weighted by Gasteiger charge is 2.90. The molecule has 0 aromatic carbocycles. The molecule has 0 fully saturated rings. The van der Waals surface area contributed by atoms with Crippen molar-refractivity contribution in [2.45, 2.75) is 48.6 Å². The average Bonchev–Trinajstić information content (AvgIpc) is 3.05. The van der Waals surface area contributed by atoms with E-state index < -0.39 is 61.2 Å². The molecular weight excluding hydrogens is 479 g/mol. The molecule has 2 nitrogen and oxygen atoms in total. The second kappa shape index (κ2) is 8.07. The fourth-order valence-corrected chi connectivity index (χ4v) is 2.53. The van der Waals surface area contributed by atoms with Gasteiger partial charge < -0.3 is 4.74 Å². The molecule has 174 valence electrons. The Kier molecular flexibility index (Phi) is 7.07. The predicted octanol–water partition coefficient (Wildman–Crippen LogP) is 5.96. The van der Waals surface area contributed by atoms with Gasteiger partial charge in [0.05, 0.1) is 19.4 Å². The molecule has 0 atom stereocenters. The number of rotatable bonds is 9. The van der Waals surface area contributed by atoms with Crippen LogP contribution in [0.2, 0.25) is 0 Å². The molecule has 1 heterocycles. The normalized spacial score (nSPS) is 14.7. The molecule has 16 heteroatoms. The van der Waals surface area contributed by atoms with Gasteiger partial charge in [0.25, 0.3) is 0 Å². The third-order valence-corrected chi connectivity index (χ3v) is 4.34. The molecule has 0 saturated heterocycles. The van der Waals surface area contributed by atoms with Crippen molar-refractivity contribution in [3.05, 3.63) is 22.4 Å². The second-order valence-electron chi connectivity index (χ2n) is 5.78. The topological polar surface area (TPSA) is 26.3 Å². The quantitative estimate of drug-likeness (QED) is 0.317. The minimum atomic E-state index is -7.94. The summed E-state index contributed by atoms with van der Waals surface area (Å²) in [6.45, 7) is -1.75. The van der Waals surface area contributed by atoms with Crippen LogP contribution in [0.25, 0.3) is 0 Å². The first kappa shape index (κ1) is 26.3. The zero-order chi connectivity index (χ0) is 23.8. The van der Waals surface area contributed by atoms with Crippen LogP contribution in [0.1, 0.15) is 12.0 Å². The van der Waals surface area contributed by atoms with E-state index in [2.05, 4.69) is 4.74 Å². The molecular formula is C14H9F13O2S. The number of esters is 1. The number of ether oxygens (including phenoxy) is 1. The van der Waals surface area contributed by atoms with Crippen LogP contribution >= 0.6 is 11.3 Å². The number of carbonyl (C=O) groups excluding carboxylic acids is 1. The number of thiophene rings is 1. The van der Waals surface area contributed by atoms with E-state index in [1.165, 1.54) is 16.8 Å². The van der Waals surface area contributed by atoms with Crippen molar-refractivity contribution >= 4 is 17.3 Å². The average molecular weight is 488 g/mol. The lowest BCUT2D eigenvalue weighted by Crippen LogP contribution is -2.70. The lowest BCUT2D eigenvalue weighted by atomic mass is 9.93. The molecule has 0 spiro atoms. The Morgan fingerprint density at radius 2 is 1.30 bits per heavy atom. The highest BCUT2D eigenvalue weighted by atomic mass is 32.1. The van der Waals surface area contributed by atoms with E-state index >= 15 is 0 Å². The van der Waals surface area contributed by atoms with Crippen LogP contribution in [0, 0.1) is 0 Å². The molecule has 0 aliphatic rings. The molecule has 30 heavy (non-hydrogen) atoms. The summed E-state index contributed by atoms with van der Waals surface area (Å²) in [6, 6.07) is 1.37. The smallest absolute Gasteiger partial charge is 0.460 e. The Bertz CT molecular complexity index is 725. The van der Waals surface area contributed by atoms with Crippen molar-refractivity contribution in [2.24, 2.45) is 0 Å². The number of halogens is 13. The van der Waals surface area contributed by atoms with E-state index in [1.807, 2.05) is 0 Å². The van der Waals surface area contributed by atoms with E-state index in [-0.39, 0.29) is 0 Å². The van der Waals surface area contributed by atoms with Crippen molar-refractivity contribution in [2.75, 3.05) is 6.61 Å². The summed E-state index contributed by atoms with van der Waals surface area (Å²) >= 11 is 1.10. The van der Waals surface area contributed by atoms with E-state index in [0.29, 0.717) is 5.56 Å². The van der Waals surface area contributed by atoms with E-state index in [1.54, 1.807) is 0 Å². The molecule has 0 radical (unpaired) electrons. The van der Waals surface area contributed by atoms with Crippen molar-refractivity contribution in [3.8, 4) is 0 Å². The van der Waals surface area contributed by atoms with Gasteiger partial charge in [0.1, 0.15) is 0 Å². The maximum Gasteiger partial charge on any atom is 0.460 e. The lowest BCUT2D eigenvalue weighted by molar-refractivity contribution is -0.440. The summed E-state index contributed by atoms with van der Waals surface area (Å²) in [6.07, 6.45) is -10.6. The van der Waals surface area contributed by atoms with Crippen molar-refractivity contribution < 1.29 is 66.6 Å². The van der Waals surface area contributed by atoms with Gasteiger partial charge in [0, 0.05) is 0 Å². The van der Waals surface area contributed by atoms with Crippen LogP contribution in [0.3, 0.4) is 0 Å². The molecule has 0 saturated carbocycles. The monoisotopic (exact) mass is 488 g/mol. The highest BCUT2D eigenvalue weighted by Crippen LogP contribution is 2.60. The summed E-state index contributed by atoms with van der Waals surface area (Å²) in [4.78, 5) is 11.3. The first-order valence-electron chi connectivity index (χ1n) is 7.35. The number of hydrogen-bond donors (Lipinski definition) is 0. The van der Waals surface area contributed by atoms with Crippen molar-refractivity contribution in [1.82, 2.24) is 0 Å². The molecule has 1 aromatic heterocycles. The first-order valence-corrected chi connectivity index (χ1v) is 8.29. The Morgan fingerprint density at radius 1 is 0.800 bits per heavy atom. The molecule has 0 aliphatic carbocycles. The SMILES string of the molecule is O=C(Cc1ccsc1)OCCC(F)(F)C(F)(F)C(F)(F)C(F)(F)C(F)(F)C(F)(F)F. The predicted molar refractivity (Wildman–Crippen MR) is 74.4 cm³/mol. The van der Waals surface area contributed by atoms with Gasteiger partial charge >= 0.3 is 41.8 Å². The fourth-order valence-electron chi connectivity index (χ4n) is 1.86. The minimum Gasteiger partial charge on any atom is -0.465 e. The third-order valence-electron chi connectivity index (χ3n) is 3.61. The van der Waals surface area contributed by atoms with Crippen LogP contribution < -0.4 is 0 Å². The minimum absolute atomic E-state index is 0.294. The van der Waals surface area contributed by atoms with E-state index in [4.69, 9.17) is 0 Å². The summed E-state index contributed by atoms with van der Waals surface area (Å²) in [7, 11) is 0. The van der Waals surface area contributed by atoms with Gasteiger partial charge in [-0.05, 0) is 22.4 Å². The van der Waals surface area contributed by atoms with Gasteiger partial charge in [0.15, 0.2) is 0 Å². The molecule has 0 N–H and O–H groups in total. The van der Waals surface area contributed by atoms with Crippen LogP contribution in [-0.4, -0.2) is 48.4 Å². The largest absolute Gasteiger partial charge is 0.465 e. The van der Waals surface area contributed by atoms with Gasteiger partial charge in [0.2, 0.25) is 0 Å². The molecule has 0 bridgehead atoms. The zero-order valence-corrected chi connectivity index (χ0v) is 14.8. The van der Waals surface area contributed by atoms with Crippen LogP contribution in [-0.2, 0) is 16.0 Å². The number of hydrogen-bond acceptors (Lipinski definition) is 3. The summed E-state index contributed by atoms with van der Waals surface area (Å²) in [5.41, 5.74) is 0.294. The molecule has 1 rings (SSSR count). The van der Waals surface area contributed by atoms with Gasteiger partial charge in [-0.1, -0.05) is 0 Å². The van der Waals surface area contributed by atoms with Crippen LogP contribution in [0.15, 0.2) is 16.8 Å². The Labute approximate surface area is 162 Å². The van der Waals surface area contributed by atoms with Crippen molar-refractivity contribution in [3.63, 3.8) is 0 Å². The van der Waals surface area contributed by atoms with E-state index in [0.717, 1.165) is 11.3 Å². The number of alkyl halides is 13. The van der Waals surface area contributed by atoms with Crippen LogP contribution in [0.4, 0.5) is 57.1 Å². The van der Waals surface area contributed by atoms with Gasteiger partial charge in [-0.3, -0.25) is 4.79 Å². The van der Waals surface area contributed by atoms with Crippen molar-refractivity contribution in [1.29, 1.82) is 0 Å². The second-order valence-corrected chi connectivity index (χ2v) is 6.56. The number of carbonyl (C=O) groups is 1. The summed E-state index contributed by atoms with van der Waals surface area (Å²) in [5, 5.41) is 2.88. The van der Waals surface area contributed by atoms with Crippen LogP contribution in [0.5, 0.6) is 0 Å². The molecule has 0 amide bonds. The van der Waals surface area contributed by atoms with Gasteiger partial charge in [-0.2, -0.15) is 68.4 Å². The highest BCUT2D eigenvalue weighted by molar-refractivity contribution is 7.07. The Balaban J connectivity index is 2.98. The van der Waals surface area contributed by atoms with Gasteiger partial charge in [-0.25, -0.2) is 0 Å². The maximum atomic E-state index is 13.5. The maximum absolute atomic E-state index is 13.5. The standard InChI is InChI=1S/C14H9F13O2S/c15-9(16,2-3-29-8(28)5-7-1-4-30-6-7)10(17,18)11(19,20)12(21,22)13(23,24)14(25,26)27/h1,4,6H,2-3,5H2. The summed E-state index contributed by atoms with van der Waals surface area (Å²) < 4.78 is 172. The fraction of sp³-hybridized carbons (Fsp3) is 0.643. The Hall–Kier alpha value is -1.74. The molecule has 0 unspecified atom stereocenters. The molecule has 1 aromatic rings.